The van der Waals surface area contributed by atoms with Gasteiger partial charge in [0.15, 0.2) is 0 Å². The van der Waals surface area contributed by atoms with E-state index in [1.165, 1.54) is 0 Å². The number of aliphatic hydroxyl groups is 1. The van der Waals surface area contributed by atoms with E-state index in [0.29, 0.717) is 36.9 Å². The molecule has 1 saturated heterocycles. The Morgan fingerprint density at radius 3 is 2.78 bits per heavy atom. The molecule has 0 saturated carbocycles. The number of rotatable bonds is 4. The summed E-state index contributed by atoms with van der Waals surface area (Å²) in [7, 11) is 0. The Morgan fingerprint density at radius 1 is 1.50 bits per heavy atom. The summed E-state index contributed by atoms with van der Waals surface area (Å²) < 4.78 is 5.44. The number of hydrogen-bond acceptors (Lipinski definition) is 3. The third kappa shape index (κ3) is 3.15. The van der Waals surface area contributed by atoms with Gasteiger partial charge >= 0.3 is 0 Å². The average molecular weight is 270 g/mol. The van der Waals surface area contributed by atoms with Crippen molar-refractivity contribution in [3.63, 3.8) is 0 Å². The molecule has 0 atom stereocenters. The molecular weight excluding hydrogens is 254 g/mol. The van der Waals surface area contributed by atoms with Gasteiger partial charge in [-0.15, -0.1) is 0 Å². The number of β-amino-alcohol motifs (C(OH)–C–C–N with tert-alkyl or cyclic N) is 1. The van der Waals surface area contributed by atoms with E-state index in [1.54, 1.807) is 24.0 Å². The maximum Gasteiger partial charge on any atom is 0.226 e. The fourth-order valence-electron chi connectivity index (χ4n) is 1.92. The number of ether oxygens (including phenoxy) is 1. The third-order valence-corrected chi connectivity index (χ3v) is 3.14. The van der Waals surface area contributed by atoms with Crippen molar-refractivity contribution in [1.82, 2.24) is 4.90 Å². The molecule has 4 nitrogen and oxygen atoms in total. The molecule has 1 aliphatic heterocycles. The minimum Gasteiger partial charge on any atom is -0.491 e. The van der Waals surface area contributed by atoms with Gasteiger partial charge in [-0.3, -0.25) is 4.79 Å². The lowest BCUT2D eigenvalue weighted by Crippen LogP contribution is -2.61. The van der Waals surface area contributed by atoms with Crippen LogP contribution in [0.1, 0.15) is 13.3 Å². The number of amides is 1. The molecule has 1 N–H and O–H groups in total. The van der Waals surface area contributed by atoms with Gasteiger partial charge in [0, 0.05) is 0 Å². The van der Waals surface area contributed by atoms with Gasteiger partial charge < -0.3 is 14.7 Å². The van der Waals surface area contributed by atoms with Crippen LogP contribution in [-0.4, -0.2) is 41.2 Å². The van der Waals surface area contributed by atoms with Crippen molar-refractivity contribution in [3.05, 3.63) is 29.3 Å². The molecule has 1 fully saturated rings. The minimum absolute atomic E-state index is 0.00595. The number of benzene rings is 1. The summed E-state index contributed by atoms with van der Waals surface area (Å²) in [5.41, 5.74) is -0.723. The first-order chi connectivity index (χ1) is 8.48. The van der Waals surface area contributed by atoms with E-state index >= 15 is 0 Å². The molecule has 0 aromatic heterocycles. The molecule has 1 aromatic rings. The standard InChI is InChI=1S/C13H16ClNO3/c1-13(17)8-15(9-13)12(16)6-7-18-11-5-3-2-4-10(11)14/h2-5,17H,6-9H2,1H3. The summed E-state index contributed by atoms with van der Waals surface area (Å²) in [6.45, 7) is 2.81. The monoisotopic (exact) mass is 269 g/mol. The Balaban J connectivity index is 1.73. The van der Waals surface area contributed by atoms with Crippen LogP contribution in [0.25, 0.3) is 0 Å². The molecule has 18 heavy (non-hydrogen) atoms. The largest absolute Gasteiger partial charge is 0.491 e. The van der Waals surface area contributed by atoms with Gasteiger partial charge in [-0.2, -0.15) is 0 Å². The molecule has 98 valence electrons. The number of hydrogen-bond donors (Lipinski definition) is 1. The van der Waals surface area contributed by atoms with Crippen LogP contribution in [0.15, 0.2) is 24.3 Å². The van der Waals surface area contributed by atoms with Gasteiger partial charge in [0.25, 0.3) is 0 Å². The quantitative estimate of drug-likeness (QED) is 0.905. The van der Waals surface area contributed by atoms with Crippen LogP contribution in [0.4, 0.5) is 0 Å². The van der Waals surface area contributed by atoms with Crippen LogP contribution in [0.2, 0.25) is 5.02 Å². The highest BCUT2D eigenvalue weighted by Gasteiger charge is 2.38. The molecule has 0 unspecified atom stereocenters. The van der Waals surface area contributed by atoms with E-state index in [0.717, 1.165) is 0 Å². The van der Waals surface area contributed by atoms with Crippen molar-refractivity contribution in [2.75, 3.05) is 19.7 Å². The van der Waals surface area contributed by atoms with Crippen LogP contribution in [0.3, 0.4) is 0 Å². The second-order valence-electron chi connectivity index (χ2n) is 4.78. The molecular formula is C13H16ClNO3. The maximum atomic E-state index is 11.7. The number of likely N-dealkylation sites (tertiary alicyclic amines) is 1. The summed E-state index contributed by atoms with van der Waals surface area (Å²) >= 11 is 5.92. The summed E-state index contributed by atoms with van der Waals surface area (Å²) in [4.78, 5) is 13.3. The Bertz CT molecular complexity index is 440. The van der Waals surface area contributed by atoms with E-state index in [1.807, 2.05) is 12.1 Å². The lowest BCUT2D eigenvalue weighted by Gasteiger charge is -2.44. The van der Waals surface area contributed by atoms with Gasteiger partial charge in [-0.05, 0) is 19.1 Å². The van der Waals surface area contributed by atoms with E-state index < -0.39 is 5.60 Å². The first-order valence-electron chi connectivity index (χ1n) is 5.85. The molecule has 1 aromatic carbocycles. The zero-order valence-corrected chi connectivity index (χ0v) is 11.0. The van der Waals surface area contributed by atoms with Gasteiger partial charge in [0.1, 0.15) is 5.75 Å². The normalized spacial score (nSPS) is 17.2. The van der Waals surface area contributed by atoms with Crippen molar-refractivity contribution >= 4 is 17.5 Å². The molecule has 1 aliphatic rings. The summed E-state index contributed by atoms with van der Waals surface area (Å²) in [5, 5.41) is 10.1. The number of carbonyl (C=O) groups excluding carboxylic acids is 1. The van der Waals surface area contributed by atoms with Gasteiger partial charge in [0.05, 0.1) is 36.7 Å². The number of para-hydroxylation sites is 1. The molecule has 2 rings (SSSR count). The number of carbonyl (C=O) groups is 1. The second kappa shape index (κ2) is 5.16. The van der Waals surface area contributed by atoms with Gasteiger partial charge in [-0.25, -0.2) is 0 Å². The van der Waals surface area contributed by atoms with Crippen LogP contribution < -0.4 is 4.74 Å². The van der Waals surface area contributed by atoms with E-state index in [2.05, 4.69) is 0 Å². The summed E-state index contributed by atoms with van der Waals surface area (Å²) in [6, 6.07) is 7.16. The smallest absolute Gasteiger partial charge is 0.226 e. The Morgan fingerprint density at radius 2 is 2.17 bits per heavy atom. The first-order valence-corrected chi connectivity index (χ1v) is 6.23. The topological polar surface area (TPSA) is 49.8 Å². The molecule has 1 amide bonds. The number of halogens is 1. The predicted octanol–water partition coefficient (Wildman–Crippen LogP) is 1.70. The highest BCUT2D eigenvalue weighted by molar-refractivity contribution is 6.32. The van der Waals surface area contributed by atoms with E-state index in [-0.39, 0.29) is 5.91 Å². The van der Waals surface area contributed by atoms with Crippen molar-refractivity contribution in [2.24, 2.45) is 0 Å². The van der Waals surface area contributed by atoms with Crippen LogP contribution in [0, 0.1) is 0 Å². The Hall–Kier alpha value is -1.26. The lowest BCUT2D eigenvalue weighted by atomic mass is 9.97. The average Bonchev–Trinajstić information content (AvgIpc) is 2.28. The number of nitrogens with zero attached hydrogens (tertiary/aromatic N) is 1. The molecule has 5 heteroatoms. The van der Waals surface area contributed by atoms with Crippen molar-refractivity contribution in [1.29, 1.82) is 0 Å². The Labute approximate surface area is 111 Å². The molecule has 0 aliphatic carbocycles. The molecule has 0 spiro atoms. The van der Waals surface area contributed by atoms with Crippen molar-refractivity contribution in [2.45, 2.75) is 18.9 Å². The van der Waals surface area contributed by atoms with Crippen LogP contribution in [0.5, 0.6) is 5.75 Å². The Kier molecular flexibility index (Phi) is 3.78. The van der Waals surface area contributed by atoms with Crippen LogP contribution in [-0.2, 0) is 4.79 Å². The zero-order valence-electron chi connectivity index (χ0n) is 10.2. The van der Waals surface area contributed by atoms with E-state index in [9.17, 15) is 9.90 Å². The predicted molar refractivity (Wildman–Crippen MR) is 68.8 cm³/mol. The molecule has 0 radical (unpaired) electrons. The third-order valence-electron chi connectivity index (χ3n) is 2.83. The second-order valence-corrected chi connectivity index (χ2v) is 5.18. The maximum absolute atomic E-state index is 11.7. The summed E-state index contributed by atoms with van der Waals surface area (Å²) in [5.74, 6) is 0.580. The molecule has 1 heterocycles. The van der Waals surface area contributed by atoms with E-state index in [4.69, 9.17) is 16.3 Å². The fraction of sp³-hybridized carbons (Fsp3) is 0.462. The van der Waals surface area contributed by atoms with Gasteiger partial charge in [0.2, 0.25) is 5.91 Å². The van der Waals surface area contributed by atoms with Crippen molar-refractivity contribution in [3.8, 4) is 5.75 Å². The zero-order chi connectivity index (χ0) is 13.2. The van der Waals surface area contributed by atoms with Crippen LogP contribution >= 0.6 is 11.6 Å². The lowest BCUT2D eigenvalue weighted by molar-refractivity contribution is -0.152. The fourth-order valence-corrected chi connectivity index (χ4v) is 2.11. The highest BCUT2D eigenvalue weighted by atomic mass is 35.5. The molecule has 0 bridgehead atoms. The minimum atomic E-state index is -0.723. The van der Waals surface area contributed by atoms with Crippen molar-refractivity contribution < 1.29 is 14.6 Å². The highest BCUT2D eigenvalue weighted by Crippen LogP contribution is 2.24. The van der Waals surface area contributed by atoms with Gasteiger partial charge in [-0.1, -0.05) is 23.7 Å². The summed E-state index contributed by atoms with van der Waals surface area (Å²) in [6.07, 6.45) is 0.293. The first kappa shape index (κ1) is 13.2. The SMILES string of the molecule is CC1(O)CN(C(=O)CCOc2ccccc2Cl)C1.